The van der Waals surface area contributed by atoms with Gasteiger partial charge in [0.05, 0.1) is 0 Å². The average molecular weight is 359 g/mol. The Hall–Kier alpha value is -1.17. The second-order valence-electron chi connectivity index (χ2n) is 4.08. The van der Waals surface area contributed by atoms with Crippen molar-refractivity contribution in [1.82, 2.24) is 0 Å². The quantitative estimate of drug-likeness (QED) is 0.781. The van der Waals surface area contributed by atoms with Gasteiger partial charge in [-0.3, -0.25) is 0 Å². The standard InChI is InChI=1S/C14H12F2IN/c1-9(10-5-11(15)7-12(16)6-10)18-14-4-2-3-13(17)8-14/h2-9,18H,1H3. The lowest BCUT2D eigenvalue weighted by molar-refractivity contribution is 0.577. The average Bonchev–Trinajstić information content (AvgIpc) is 2.27. The second-order valence-corrected chi connectivity index (χ2v) is 5.32. The first-order valence-corrected chi connectivity index (χ1v) is 6.60. The highest BCUT2D eigenvalue weighted by Gasteiger charge is 2.08. The van der Waals surface area contributed by atoms with Crippen LogP contribution in [0.3, 0.4) is 0 Å². The molecule has 94 valence electrons. The summed E-state index contributed by atoms with van der Waals surface area (Å²) in [5.74, 6) is -1.11. The van der Waals surface area contributed by atoms with E-state index in [1.165, 1.54) is 12.1 Å². The molecule has 1 nitrogen and oxygen atoms in total. The number of anilines is 1. The fourth-order valence-electron chi connectivity index (χ4n) is 1.74. The van der Waals surface area contributed by atoms with Gasteiger partial charge in [0, 0.05) is 21.4 Å². The summed E-state index contributed by atoms with van der Waals surface area (Å²) >= 11 is 2.22. The molecular weight excluding hydrogens is 347 g/mol. The van der Waals surface area contributed by atoms with Crippen molar-refractivity contribution in [1.29, 1.82) is 0 Å². The molecule has 0 aromatic heterocycles. The number of rotatable bonds is 3. The lowest BCUT2D eigenvalue weighted by Crippen LogP contribution is -2.07. The summed E-state index contributed by atoms with van der Waals surface area (Å²) in [7, 11) is 0. The summed E-state index contributed by atoms with van der Waals surface area (Å²) in [4.78, 5) is 0. The molecule has 1 atom stereocenters. The Labute approximate surface area is 118 Å². The monoisotopic (exact) mass is 359 g/mol. The van der Waals surface area contributed by atoms with Crippen LogP contribution in [0.1, 0.15) is 18.5 Å². The molecule has 18 heavy (non-hydrogen) atoms. The van der Waals surface area contributed by atoms with E-state index in [1.807, 2.05) is 31.2 Å². The molecule has 2 aromatic rings. The van der Waals surface area contributed by atoms with Gasteiger partial charge < -0.3 is 5.32 Å². The van der Waals surface area contributed by atoms with E-state index in [1.54, 1.807) is 0 Å². The van der Waals surface area contributed by atoms with Crippen LogP contribution in [0.25, 0.3) is 0 Å². The third kappa shape index (κ3) is 3.41. The first kappa shape index (κ1) is 13.3. The summed E-state index contributed by atoms with van der Waals surface area (Å²) in [5, 5.41) is 3.22. The molecule has 0 aliphatic rings. The van der Waals surface area contributed by atoms with E-state index in [9.17, 15) is 8.78 Å². The number of nitrogens with one attached hydrogen (secondary N) is 1. The van der Waals surface area contributed by atoms with Crippen molar-refractivity contribution in [2.45, 2.75) is 13.0 Å². The van der Waals surface area contributed by atoms with E-state index in [2.05, 4.69) is 27.9 Å². The zero-order chi connectivity index (χ0) is 13.1. The van der Waals surface area contributed by atoms with Crippen molar-refractivity contribution in [3.05, 3.63) is 63.2 Å². The zero-order valence-corrected chi connectivity index (χ0v) is 11.9. The molecule has 0 heterocycles. The molecule has 0 fully saturated rings. The van der Waals surface area contributed by atoms with Crippen molar-refractivity contribution in [3.8, 4) is 0 Å². The van der Waals surface area contributed by atoms with Gasteiger partial charge in [-0.15, -0.1) is 0 Å². The van der Waals surface area contributed by atoms with E-state index in [4.69, 9.17) is 0 Å². The van der Waals surface area contributed by atoms with E-state index >= 15 is 0 Å². The molecule has 4 heteroatoms. The van der Waals surface area contributed by atoms with Crippen LogP contribution in [-0.4, -0.2) is 0 Å². The van der Waals surface area contributed by atoms with E-state index in [0.717, 1.165) is 15.3 Å². The summed E-state index contributed by atoms with van der Waals surface area (Å²) in [6.07, 6.45) is 0. The second kappa shape index (κ2) is 5.65. The highest BCUT2D eigenvalue weighted by Crippen LogP contribution is 2.22. The lowest BCUT2D eigenvalue weighted by atomic mass is 10.1. The summed E-state index contributed by atoms with van der Waals surface area (Å²) in [5.41, 5.74) is 1.52. The Bertz CT molecular complexity index is 537. The highest BCUT2D eigenvalue weighted by atomic mass is 127. The van der Waals surface area contributed by atoms with E-state index in [0.29, 0.717) is 5.56 Å². The van der Waals surface area contributed by atoms with Crippen molar-refractivity contribution < 1.29 is 8.78 Å². The minimum Gasteiger partial charge on any atom is -0.378 e. The molecule has 0 spiro atoms. The molecule has 0 bridgehead atoms. The van der Waals surface area contributed by atoms with Gasteiger partial charge >= 0.3 is 0 Å². The molecule has 0 saturated carbocycles. The highest BCUT2D eigenvalue weighted by molar-refractivity contribution is 14.1. The fourth-order valence-corrected chi connectivity index (χ4v) is 2.28. The van der Waals surface area contributed by atoms with Crippen LogP contribution in [0.5, 0.6) is 0 Å². The van der Waals surface area contributed by atoms with Crippen molar-refractivity contribution in [2.24, 2.45) is 0 Å². The van der Waals surface area contributed by atoms with Crippen molar-refractivity contribution in [3.63, 3.8) is 0 Å². The Morgan fingerprint density at radius 3 is 2.33 bits per heavy atom. The molecule has 2 rings (SSSR count). The maximum atomic E-state index is 13.1. The van der Waals surface area contributed by atoms with Gasteiger partial charge in [0.25, 0.3) is 0 Å². The number of benzene rings is 2. The van der Waals surface area contributed by atoms with Gasteiger partial charge in [-0.05, 0) is 65.4 Å². The summed E-state index contributed by atoms with van der Waals surface area (Å²) < 4.78 is 27.4. The first-order valence-electron chi connectivity index (χ1n) is 5.53. The van der Waals surface area contributed by atoms with Gasteiger partial charge in [0.2, 0.25) is 0 Å². The first-order chi connectivity index (χ1) is 8.54. The Morgan fingerprint density at radius 2 is 1.72 bits per heavy atom. The molecule has 0 amide bonds. The Morgan fingerprint density at radius 1 is 1.06 bits per heavy atom. The van der Waals surface area contributed by atoms with Crippen molar-refractivity contribution >= 4 is 28.3 Å². The normalized spacial score (nSPS) is 12.2. The van der Waals surface area contributed by atoms with Crippen LogP contribution in [0.15, 0.2) is 42.5 Å². The molecule has 0 radical (unpaired) electrons. The largest absolute Gasteiger partial charge is 0.378 e. The topological polar surface area (TPSA) is 12.0 Å². The smallest absolute Gasteiger partial charge is 0.126 e. The number of halogens is 3. The van der Waals surface area contributed by atoms with Crippen LogP contribution >= 0.6 is 22.6 Å². The third-order valence-electron chi connectivity index (χ3n) is 2.59. The molecule has 2 aromatic carbocycles. The predicted molar refractivity (Wildman–Crippen MR) is 77.6 cm³/mol. The van der Waals surface area contributed by atoms with Gasteiger partial charge in [-0.25, -0.2) is 8.78 Å². The number of hydrogen-bond acceptors (Lipinski definition) is 1. The van der Waals surface area contributed by atoms with Crippen molar-refractivity contribution in [2.75, 3.05) is 5.32 Å². The van der Waals surface area contributed by atoms with E-state index < -0.39 is 11.6 Å². The summed E-state index contributed by atoms with van der Waals surface area (Å²) in [6.45, 7) is 1.87. The fraction of sp³-hybridized carbons (Fsp3) is 0.143. The zero-order valence-electron chi connectivity index (χ0n) is 9.75. The molecule has 1 N–H and O–H groups in total. The minimum atomic E-state index is -0.554. The Balaban J connectivity index is 2.19. The van der Waals surface area contributed by atoms with Crippen LogP contribution in [-0.2, 0) is 0 Å². The van der Waals surface area contributed by atoms with Gasteiger partial charge in [0.1, 0.15) is 11.6 Å². The van der Waals surface area contributed by atoms with Crippen LogP contribution in [0.4, 0.5) is 14.5 Å². The van der Waals surface area contributed by atoms with Crippen LogP contribution in [0.2, 0.25) is 0 Å². The summed E-state index contributed by atoms with van der Waals surface area (Å²) in [6, 6.07) is 11.2. The van der Waals surface area contributed by atoms with Gasteiger partial charge in [-0.1, -0.05) is 6.07 Å². The molecule has 0 saturated heterocycles. The molecular formula is C14H12F2IN. The Kier molecular flexibility index (Phi) is 4.16. The van der Waals surface area contributed by atoms with Crippen LogP contribution < -0.4 is 5.32 Å². The number of hydrogen-bond donors (Lipinski definition) is 1. The molecule has 0 aliphatic heterocycles. The van der Waals surface area contributed by atoms with Gasteiger partial charge in [0.15, 0.2) is 0 Å². The predicted octanol–water partition coefficient (Wildman–Crippen LogP) is 4.74. The third-order valence-corrected chi connectivity index (χ3v) is 3.26. The SMILES string of the molecule is CC(Nc1cccc(I)c1)c1cc(F)cc(F)c1. The maximum absolute atomic E-state index is 13.1. The maximum Gasteiger partial charge on any atom is 0.126 e. The minimum absolute atomic E-state index is 0.159. The lowest BCUT2D eigenvalue weighted by Gasteiger charge is -2.16. The van der Waals surface area contributed by atoms with E-state index in [-0.39, 0.29) is 6.04 Å². The molecule has 1 unspecified atom stereocenters. The van der Waals surface area contributed by atoms with Crippen LogP contribution in [0, 0.1) is 15.2 Å². The molecule has 0 aliphatic carbocycles. The van der Waals surface area contributed by atoms with Gasteiger partial charge in [-0.2, -0.15) is 0 Å².